The highest BCUT2D eigenvalue weighted by molar-refractivity contribution is 7.39. The molecule has 3 heteroatoms. The molecule has 2 nitrogen and oxygen atoms in total. The maximum atomic E-state index is 10.7. The minimum absolute atomic E-state index is 0.201. The van der Waals surface area contributed by atoms with Gasteiger partial charge in [-0.25, -0.2) is 0 Å². The van der Waals surface area contributed by atoms with Crippen LogP contribution in [0.5, 0.6) is 0 Å². The third-order valence-corrected chi connectivity index (χ3v) is 1.69. The molecule has 0 spiro atoms. The van der Waals surface area contributed by atoms with Crippen molar-refractivity contribution in [1.29, 1.82) is 0 Å². The summed E-state index contributed by atoms with van der Waals surface area (Å²) in [5.41, 5.74) is 0. The van der Waals surface area contributed by atoms with E-state index in [4.69, 9.17) is 10.9 Å². The molecule has 0 aliphatic heterocycles. The normalized spacial score (nSPS) is 10.1. The molecule has 0 aromatic carbocycles. The van der Waals surface area contributed by atoms with Crippen molar-refractivity contribution in [2.75, 3.05) is 12.8 Å². The summed E-state index contributed by atoms with van der Waals surface area (Å²) in [7, 11) is -1.63. The molecule has 0 aliphatic rings. The van der Waals surface area contributed by atoms with Crippen LogP contribution >= 0.6 is 8.03 Å². The molecule has 0 amide bonds. The van der Waals surface area contributed by atoms with Gasteiger partial charge in [0, 0.05) is 0 Å². The Morgan fingerprint density at radius 2 is 2.50 bits per heavy atom. The van der Waals surface area contributed by atoms with Crippen LogP contribution in [0.3, 0.4) is 0 Å². The van der Waals surface area contributed by atoms with Gasteiger partial charge in [-0.1, -0.05) is 12.0 Å². The molecule has 0 fully saturated rings. The quantitative estimate of drug-likeness (QED) is 0.264. The van der Waals surface area contributed by atoms with Gasteiger partial charge in [-0.15, -0.1) is 17.5 Å². The lowest BCUT2D eigenvalue weighted by Crippen LogP contribution is -1.84. The van der Waals surface area contributed by atoms with Crippen molar-refractivity contribution < 1.29 is 9.09 Å². The third-order valence-electron chi connectivity index (χ3n) is 0.778. The first-order valence-corrected chi connectivity index (χ1v) is 4.29. The van der Waals surface area contributed by atoms with E-state index < -0.39 is 8.03 Å². The summed E-state index contributed by atoms with van der Waals surface area (Å²) in [5.74, 6) is 2.26. The van der Waals surface area contributed by atoms with Gasteiger partial charge in [-0.3, -0.25) is 0 Å². The molecule has 0 bridgehead atoms. The van der Waals surface area contributed by atoms with Crippen LogP contribution < -0.4 is 0 Å². The summed E-state index contributed by atoms with van der Waals surface area (Å²) >= 11 is 0. The average molecular weight is 157 g/mol. The summed E-state index contributed by atoms with van der Waals surface area (Å²) in [6.45, 7) is 3.93. The molecule has 0 aliphatic carbocycles. The molecule has 0 N–H and O–H groups in total. The van der Waals surface area contributed by atoms with E-state index in [2.05, 4.69) is 12.5 Å². The van der Waals surface area contributed by atoms with Gasteiger partial charge < -0.3 is 0 Å². The van der Waals surface area contributed by atoms with Gasteiger partial charge in [-0.05, 0) is 11.0 Å². The van der Waals surface area contributed by atoms with Crippen molar-refractivity contribution in [3.05, 3.63) is 12.7 Å². The zero-order valence-corrected chi connectivity index (χ0v) is 6.64. The summed E-state index contributed by atoms with van der Waals surface area (Å²) in [5, 5.41) is 0. The first kappa shape index (κ1) is 9.36. The fraction of sp³-hybridized carbons (Fsp3) is 0.429. The van der Waals surface area contributed by atoms with E-state index >= 15 is 0 Å². The van der Waals surface area contributed by atoms with Gasteiger partial charge in [0.1, 0.15) is 6.61 Å². The predicted octanol–water partition coefficient (Wildman–Crippen LogP) is 1.95. The highest BCUT2D eigenvalue weighted by Gasteiger charge is 2.12. The fourth-order valence-corrected chi connectivity index (χ4v) is 0.907. The molecule has 0 saturated heterocycles. The van der Waals surface area contributed by atoms with E-state index in [1.807, 2.05) is 0 Å². The van der Waals surface area contributed by atoms with Crippen LogP contribution in [0.25, 0.3) is 0 Å². The molecule has 0 aromatic heterocycles. The zero-order valence-electron chi connectivity index (χ0n) is 5.75. The Morgan fingerprint density at radius 1 is 1.80 bits per heavy atom. The molecule has 1 atom stereocenters. The van der Waals surface area contributed by atoms with Crippen LogP contribution in [0.1, 0.15) is 6.42 Å². The molecule has 0 saturated carbocycles. The highest BCUT2D eigenvalue weighted by Crippen LogP contribution is 2.20. The van der Waals surface area contributed by atoms with E-state index in [1.165, 1.54) is 0 Å². The van der Waals surface area contributed by atoms with E-state index in [1.54, 1.807) is 6.08 Å². The maximum absolute atomic E-state index is 10.7. The Kier molecular flexibility index (Phi) is 6.06. The molecule has 0 radical (unpaired) electrons. The highest BCUT2D eigenvalue weighted by atomic mass is 31.1. The van der Waals surface area contributed by atoms with Crippen molar-refractivity contribution >= 4 is 8.03 Å². The maximum Gasteiger partial charge on any atom is 0.521 e. The average Bonchev–Trinajstić information content (AvgIpc) is 1.89. The lowest BCUT2D eigenvalue weighted by Gasteiger charge is -1.83. The smallest absolute Gasteiger partial charge is 0.145 e. The summed E-state index contributed by atoms with van der Waals surface area (Å²) in [6, 6.07) is 0. The first-order chi connectivity index (χ1) is 4.81. The minimum Gasteiger partial charge on any atom is -0.145 e. The first-order valence-electron chi connectivity index (χ1n) is 2.93. The Bertz CT molecular complexity index is 157. The molecule has 0 rings (SSSR count). The third kappa shape index (κ3) is 5.50. The second-order valence-corrected chi connectivity index (χ2v) is 2.85. The second-order valence-electron chi connectivity index (χ2n) is 1.61. The zero-order chi connectivity index (χ0) is 7.82. The fourth-order valence-electron chi connectivity index (χ4n) is 0.358. The number of hydrogen-bond acceptors (Lipinski definition) is 2. The number of hydrogen-bond donors (Lipinski definition) is 0. The van der Waals surface area contributed by atoms with E-state index in [9.17, 15) is 4.57 Å². The van der Waals surface area contributed by atoms with Crippen LogP contribution in [0, 0.1) is 12.3 Å². The van der Waals surface area contributed by atoms with E-state index in [0.29, 0.717) is 13.0 Å². The number of terminal acetylenes is 1. The summed E-state index contributed by atoms with van der Waals surface area (Å²) in [6.07, 6.45) is 7.52. The van der Waals surface area contributed by atoms with E-state index in [-0.39, 0.29) is 6.16 Å². The molecular formula is C7H10O2P+. The SMILES string of the molecule is C#CC[P+](=O)OCCC=C. The summed E-state index contributed by atoms with van der Waals surface area (Å²) in [4.78, 5) is 0. The van der Waals surface area contributed by atoms with Crippen LogP contribution in [-0.4, -0.2) is 12.8 Å². The molecule has 0 aromatic rings. The van der Waals surface area contributed by atoms with Crippen LogP contribution in [0.2, 0.25) is 0 Å². The minimum atomic E-state index is -1.63. The topological polar surface area (TPSA) is 26.3 Å². The molecule has 1 unspecified atom stereocenters. The van der Waals surface area contributed by atoms with Crippen LogP contribution in [0.15, 0.2) is 12.7 Å². The molecule has 10 heavy (non-hydrogen) atoms. The van der Waals surface area contributed by atoms with Crippen molar-refractivity contribution in [3.8, 4) is 12.3 Å². The second kappa shape index (κ2) is 6.48. The van der Waals surface area contributed by atoms with Crippen molar-refractivity contribution in [2.24, 2.45) is 0 Å². The van der Waals surface area contributed by atoms with Gasteiger partial charge in [-0.2, -0.15) is 0 Å². The molecular weight excluding hydrogens is 147 g/mol. The molecule has 54 valence electrons. The lowest BCUT2D eigenvalue weighted by atomic mass is 10.5. The predicted molar refractivity (Wildman–Crippen MR) is 42.1 cm³/mol. The van der Waals surface area contributed by atoms with Gasteiger partial charge in [0.2, 0.25) is 6.16 Å². The van der Waals surface area contributed by atoms with Gasteiger partial charge in [0.05, 0.1) is 0 Å². The van der Waals surface area contributed by atoms with Crippen LogP contribution in [0.4, 0.5) is 0 Å². The van der Waals surface area contributed by atoms with Crippen molar-refractivity contribution in [2.45, 2.75) is 6.42 Å². The Balaban J connectivity index is 3.23. The Hall–Kier alpha value is -0.640. The van der Waals surface area contributed by atoms with Gasteiger partial charge in [0.15, 0.2) is 0 Å². The van der Waals surface area contributed by atoms with Crippen LogP contribution in [-0.2, 0) is 9.09 Å². The van der Waals surface area contributed by atoms with Crippen molar-refractivity contribution in [3.63, 3.8) is 0 Å². The lowest BCUT2D eigenvalue weighted by molar-refractivity contribution is 0.338. The van der Waals surface area contributed by atoms with E-state index in [0.717, 1.165) is 0 Å². The van der Waals surface area contributed by atoms with Crippen molar-refractivity contribution in [1.82, 2.24) is 0 Å². The monoisotopic (exact) mass is 157 g/mol. The number of rotatable bonds is 5. The molecule has 0 heterocycles. The summed E-state index contributed by atoms with van der Waals surface area (Å²) < 4.78 is 15.5. The van der Waals surface area contributed by atoms with Gasteiger partial charge >= 0.3 is 8.03 Å². The standard InChI is InChI=1S/C7H10O2P/c1-3-5-6-9-10(8)7-4-2/h2-3H,1,5-7H2/q+1. The largest absolute Gasteiger partial charge is 0.521 e. The Labute approximate surface area is 62.1 Å². The Morgan fingerprint density at radius 3 is 3.00 bits per heavy atom. The van der Waals surface area contributed by atoms with Gasteiger partial charge in [0.25, 0.3) is 0 Å².